The van der Waals surface area contributed by atoms with E-state index in [1.807, 2.05) is 36.4 Å². The molecule has 0 unspecified atom stereocenters. The van der Waals surface area contributed by atoms with E-state index in [0.717, 1.165) is 16.9 Å². The van der Waals surface area contributed by atoms with Crippen LogP contribution in [0.1, 0.15) is 5.56 Å². The van der Waals surface area contributed by atoms with E-state index in [-0.39, 0.29) is 0 Å². The lowest BCUT2D eigenvalue weighted by Gasteiger charge is -2.08. The molecule has 0 atom stereocenters. The Morgan fingerprint density at radius 1 is 1.20 bits per heavy atom. The lowest BCUT2D eigenvalue weighted by atomic mass is 10.2. The van der Waals surface area contributed by atoms with Crippen molar-refractivity contribution in [2.45, 2.75) is 0 Å². The molecule has 0 fully saturated rings. The van der Waals surface area contributed by atoms with E-state index in [9.17, 15) is 4.57 Å². The van der Waals surface area contributed by atoms with Gasteiger partial charge in [-0.2, -0.15) is 0 Å². The van der Waals surface area contributed by atoms with Crippen molar-refractivity contribution in [3.8, 4) is 0 Å². The molecule has 5 heteroatoms. The minimum absolute atomic E-state index is 1.05. The van der Waals surface area contributed by atoms with Crippen molar-refractivity contribution < 1.29 is 13.6 Å². The van der Waals surface area contributed by atoms with Crippen molar-refractivity contribution in [1.82, 2.24) is 0 Å². The fraction of sp³-hybridized carbons (Fsp3) is 0.200. The molecule has 0 heterocycles. The van der Waals surface area contributed by atoms with Crippen LogP contribution in [0.25, 0.3) is 6.08 Å². The molecule has 0 saturated carbocycles. The molecule has 3 nitrogen and oxygen atoms in total. The van der Waals surface area contributed by atoms with Crippen LogP contribution in [0, 0.1) is 0 Å². The summed E-state index contributed by atoms with van der Waals surface area (Å²) >= 11 is 1.05. The average molecular weight is 244 g/mol. The van der Waals surface area contributed by atoms with Crippen molar-refractivity contribution in [3.05, 3.63) is 41.3 Å². The Kier molecular flexibility index (Phi) is 5.12. The Bertz CT molecular complexity index is 356. The molecule has 0 aliphatic heterocycles. The van der Waals surface area contributed by atoms with Crippen LogP contribution >= 0.6 is 18.2 Å². The molecule has 0 aromatic heterocycles. The van der Waals surface area contributed by atoms with Gasteiger partial charge in [0.1, 0.15) is 0 Å². The predicted octanol–water partition coefficient (Wildman–Crippen LogP) is 3.79. The van der Waals surface area contributed by atoms with E-state index in [1.54, 1.807) is 5.41 Å². The van der Waals surface area contributed by atoms with Crippen molar-refractivity contribution in [3.63, 3.8) is 0 Å². The maximum absolute atomic E-state index is 11.6. The van der Waals surface area contributed by atoms with Crippen molar-refractivity contribution >= 4 is 24.3 Å². The van der Waals surface area contributed by atoms with Gasteiger partial charge in [-0.25, -0.2) is 4.57 Å². The van der Waals surface area contributed by atoms with Gasteiger partial charge in [0, 0.05) is 14.2 Å². The smallest absolute Gasteiger partial charge is 0.304 e. The van der Waals surface area contributed by atoms with Gasteiger partial charge in [-0.05, 0) is 28.4 Å². The van der Waals surface area contributed by atoms with Crippen molar-refractivity contribution in [1.29, 1.82) is 0 Å². The molecule has 0 radical (unpaired) electrons. The maximum atomic E-state index is 11.6. The van der Waals surface area contributed by atoms with Crippen LogP contribution in [0.3, 0.4) is 0 Å². The molecule has 0 bridgehead atoms. The van der Waals surface area contributed by atoms with Crippen LogP contribution in [-0.2, 0) is 13.6 Å². The molecular weight excluding hydrogens is 231 g/mol. The van der Waals surface area contributed by atoms with E-state index in [0.29, 0.717) is 0 Å². The van der Waals surface area contributed by atoms with Crippen LogP contribution in [0.2, 0.25) is 0 Å². The summed E-state index contributed by atoms with van der Waals surface area (Å²) in [5.41, 5.74) is 1.05. The summed E-state index contributed by atoms with van der Waals surface area (Å²) in [6, 6.07) is 9.75. The molecule has 0 amide bonds. The van der Waals surface area contributed by atoms with Gasteiger partial charge in [0.15, 0.2) is 0 Å². The first-order valence-electron chi connectivity index (χ1n) is 4.32. The summed E-state index contributed by atoms with van der Waals surface area (Å²) in [4.78, 5) is 0. The second-order valence-electron chi connectivity index (χ2n) is 2.63. The van der Waals surface area contributed by atoms with Gasteiger partial charge in [-0.15, -0.1) is 0 Å². The molecular formula is C10H13O3PS. The van der Waals surface area contributed by atoms with Crippen LogP contribution in [0.15, 0.2) is 35.7 Å². The Balaban J connectivity index is 2.57. The summed E-state index contributed by atoms with van der Waals surface area (Å²) in [5, 5.41) is 1.71. The molecule has 1 aromatic carbocycles. The summed E-state index contributed by atoms with van der Waals surface area (Å²) in [6.07, 6.45) is 1.86. The SMILES string of the molecule is COP(=O)(OC)S/C=C/c1ccccc1. The largest absolute Gasteiger partial charge is 0.392 e. The third kappa shape index (κ3) is 4.22. The Morgan fingerprint density at radius 3 is 2.33 bits per heavy atom. The molecule has 1 aromatic rings. The third-order valence-electron chi connectivity index (χ3n) is 1.70. The van der Waals surface area contributed by atoms with Crippen molar-refractivity contribution in [2.24, 2.45) is 0 Å². The number of benzene rings is 1. The van der Waals surface area contributed by atoms with Gasteiger partial charge in [-0.3, -0.25) is 0 Å². The molecule has 82 valence electrons. The second-order valence-corrected chi connectivity index (χ2v) is 6.71. The highest BCUT2D eigenvalue weighted by atomic mass is 32.7. The highest BCUT2D eigenvalue weighted by Crippen LogP contribution is 2.59. The van der Waals surface area contributed by atoms with Gasteiger partial charge in [0.2, 0.25) is 0 Å². The second kappa shape index (κ2) is 6.13. The molecule has 0 N–H and O–H groups in total. The quantitative estimate of drug-likeness (QED) is 0.738. The highest BCUT2D eigenvalue weighted by molar-refractivity contribution is 8.56. The van der Waals surface area contributed by atoms with Crippen molar-refractivity contribution in [2.75, 3.05) is 14.2 Å². The lowest BCUT2D eigenvalue weighted by Crippen LogP contribution is -1.80. The Labute approximate surface area is 93.8 Å². The van der Waals surface area contributed by atoms with E-state index in [4.69, 9.17) is 9.05 Å². The van der Waals surface area contributed by atoms with E-state index in [1.165, 1.54) is 14.2 Å². The predicted molar refractivity (Wildman–Crippen MR) is 64.7 cm³/mol. The summed E-state index contributed by atoms with van der Waals surface area (Å²) < 4.78 is 21.1. The maximum Gasteiger partial charge on any atom is 0.392 e. The minimum Gasteiger partial charge on any atom is -0.304 e. The zero-order valence-corrected chi connectivity index (χ0v) is 10.3. The Morgan fingerprint density at radius 2 is 1.80 bits per heavy atom. The first kappa shape index (κ1) is 12.5. The molecule has 0 saturated heterocycles. The standard InChI is InChI=1S/C10H13O3PS/c1-12-14(11,13-2)15-9-8-10-6-4-3-5-7-10/h3-9H,1-2H3/b9-8+. The highest BCUT2D eigenvalue weighted by Gasteiger charge is 2.19. The van der Waals surface area contributed by atoms with E-state index >= 15 is 0 Å². The zero-order chi connectivity index (χ0) is 11.1. The van der Waals surface area contributed by atoms with Crippen LogP contribution in [0.5, 0.6) is 0 Å². The first-order chi connectivity index (χ1) is 7.20. The minimum atomic E-state index is -2.99. The normalized spacial score (nSPS) is 12.1. The first-order valence-corrected chi connectivity index (χ1v) is 7.34. The van der Waals surface area contributed by atoms with Gasteiger partial charge in [0.25, 0.3) is 0 Å². The number of hydrogen-bond donors (Lipinski definition) is 0. The summed E-state index contributed by atoms with van der Waals surface area (Å²) in [5.74, 6) is 0. The third-order valence-corrected chi connectivity index (χ3v) is 5.14. The Hall–Kier alpha value is -0.540. The fourth-order valence-electron chi connectivity index (χ4n) is 0.908. The van der Waals surface area contributed by atoms with Gasteiger partial charge < -0.3 is 9.05 Å². The van der Waals surface area contributed by atoms with E-state index in [2.05, 4.69) is 0 Å². The van der Waals surface area contributed by atoms with Gasteiger partial charge in [0.05, 0.1) is 0 Å². The fourth-order valence-corrected chi connectivity index (χ4v) is 2.74. The van der Waals surface area contributed by atoms with Crippen LogP contribution < -0.4 is 0 Å². The molecule has 0 aliphatic carbocycles. The topological polar surface area (TPSA) is 35.5 Å². The molecule has 15 heavy (non-hydrogen) atoms. The summed E-state index contributed by atoms with van der Waals surface area (Å²) in [7, 11) is 2.74. The van der Waals surface area contributed by atoms with Gasteiger partial charge >= 0.3 is 6.80 Å². The monoisotopic (exact) mass is 244 g/mol. The lowest BCUT2D eigenvalue weighted by molar-refractivity contribution is 0.295. The average Bonchev–Trinajstić information content (AvgIpc) is 2.30. The van der Waals surface area contributed by atoms with Crippen LogP contribution in [0.4, 0.5) is 0 Å². The molecule has 0 aliphatic rings. The van der Waals surface area contributed by atoms with Crippen LogP contribution in [-0.4, -0.2) is 14.2 Å². The zero-order valence-electron chi connectivity index (χ0n) is 8.62. The summed E-state index contributed by atoms with van der Waals surface area (Å²) in [6.45, 7) is -2.99. The van der Waals surface area contributed by atoms with Gasteiger partial charge in [-0.1, -0.05) is 30.3 Å². The molecule has 0 spiro atoms. The number of hydrogen-bond acceptors (Lipinski definition) is 4. The molecule has 1 rings (SSSR count). The van der Waals surface area contributed by atoms with E-state index < -0.39 is 6.80 Å². The number of rotatable bonds is 5.